The molecular formula is C13H22N4O. The lowest BCUT2D eigenvalue weighted by atomic mass is 9.78. The molecule has 1 aromatic rings. The molecule has 2 heterocycles. The van der Waals surface area contributed by atoms with Crippen molar-refractivity contribution in [2.45, 2.75) is 46.1 Å². The van der Waals surface area contributed by atoms with E-state index in [0.29, 0.717) is 6.42 Å². The molecule has 1 unspecified atom stereocenters. The number of aromatic nitrogens is 3. The first-order valence-corrected chi connectivity index (χ1v) is 6.76. The standard InChI is InChI=1S/C13H22N4O/c1-3-7-17-12(15-10-16-17)8-11(18)13(2)5-4-6-14-9-13/h10,14H,3-9H2,1-2H3. The third-order valence-corrected chi connectivity index (χ3v) is 3.72. The summed E-state index contributed by atoms with van der Waals surface area (Å²) in [7, 11) is 0. The molecule has 5 heteroatoms. The van der Waals surface area contributed by atoms with E-state index < -0.39 is 0 Å². The number of hydrogen-bond acceptors (Lipinski definition) is 4. The summed E-state index contributed by atoms with van der Waals surface area (Å²) in [5, 5.41) is 7.48. The molecule has 1 aliphatic heterocycles. The van der Waals surface area contributed by atoms with Gasteiger partial charge in [-0.2, -0.15) is 5.10 Å². The van der Waals surface area contributed by atoms with Crippen LogP contribution in [0.3, 0.4) is 0 Å². The zero-order valence-corrected chi connectivity index (χ0v) is 11.3. The number of carbonyl (C=O) groups excluding carboxylic acids is 1. The van der Waals surface area contributed by atoms with Gasteiger partial charge in [0.1, 0.15) is 17.9 Å². The van der Waals surface area contributed by atoms with Crippen molar-refractivity contribution >= 4 is 5.78 Å². The second kappa shape index (κ2) is 5.61. The van der Waals surface area contributed by atoms with Crippen molar-refractivity contribution in [3.8, 4) is 0 Å². The van der Waals surface area contributed by atoms with Gasteiger partial charge >= 0.3 is 0 Å². The van der Waals surface area contributed by atoms with E-state index in [0.717, 1.165) is 44.7 Å². The zero-order valence-electron chi connectivity index (χ0n) is 11.3. The summed E-state index contributed by atoms with van der Waals surface area (Å²) in [4.78, 5) is 16.6. The van der Waals surface area contributed by atoms with Crippen LogP contribution >= 0.6 is 0 Å². The summed E-state index contributed by atoms with van der Waals surface area (Å²) in [5.41, 5.74) is -0.235. The fourth-order valence-corrected chi connectivity index (χ4v) is 2.47. The minimum atomic E-state index is -0.235. The van der Waals surface area contributed by atoms with Crippen molar-refractivity contribution in [3.63, 3.8) is 0 Å². The summed E-state index contributed by atoms with van der Waals surface area (Å²) in [6, 6.07) is 0. The second-order valence-electron chi connectivity index (χ2n) is 5.34. The molecule has 1 saturated heterocycles. The van der Waals surface area contributed by atoms with Crippen molar-refractivity contribution in [3.05, 3.63) is 12.2 Å². The van der Waals surface area contributed by atoms with Crippen LogP contribution in [0, 0.1) is 5.41 Å². The fraction of sp³-hybridized carbons (Fsp3) is 0.769. The molecule has 1 atom stereocenters. The van der Waals surface area contributed by atoms with Gasteiger partial charge in [-0.25, -0.2) is 9.67 Å². The summed E-state index contributed by atoms with van der Waals surface area (Å²) < 4.78 is 1.84. The van der Waals surface area contributed by atoms with Crippen molar-refractivity contribution in [2.75, 3.05) is 13.1 Å². The molecule has 2 rings (SSSR count). The Kier molecular flexibility index (Phi) is 4.11. The molecule has 0 spiro atoms. The number of rotatable bonds is 5. The number of Topliss-reactive ketones (excluding diaryl/α,β-unsaturated/α-hetero) is 1. The van der Waals surface area contributed by atoms with Gasteiger partial charge in [0.2, 0.25) is 0 Å². The average molecular weight is 250 g/mol. The van der Waals surface area contributed by atoms with E-state index in [2.05, 4.69) is 29.2 Å². The van der Waals surface area contributed by atoms with Crippen LogP contribution < -0.4 is 5.32 Å². The first kappa shape index (κ1) is 13.2. The van der Waals surface area contributed by atoms with Gasteiger partial charge in [-0.3, -0.25) is 4.79 Å². The number of ketones is 1. The van der Waals surface area contributed by atoms with E-state index >= 15 is 0 Å². The van der Waals surface area contributed by atoms with Gasteiger partial charge in [-0.05, 0) is 25.8 Å². The Labute approximate surface area is 108 Å². The topological polar surface area (TPSA) is 59.8 Å². The van der Waals surface area contributed by atoms with Gasteiger partial charge < -0.3 is 5.32 Å². The van der Waals surface area contributed by atoms with Gasteiger partial charge in [-0.15, -0.1) is 0 Å². The molecule has 1 aliphatic rings. The molecule has 1 fully saturated rings. The van der Waals surface area contributed by atoms with Crippen LogP contribution in [0.2, 0.25) is 0 Å². The maximum atomic E-state index is 12.4. The molecule has 0 amide bonds. The molecule has 0 bridgehead atoms. The molecule has 18 heavy (non-hydrogen) atoms. The highest BCUT2D eigenvalue weighted by molar-refractivity contribution is 5.86. The van der Waals surface area contributed by atoms with E-state index in [1.807, 2.05) is 4.68 Å². The SMILES string of the molecule is CCCn1ncnc1CC(=O)C1(C)CCCNC1. The van der Waals surface area contributed by atoms with E-state index in [1.54, 1.807) is 6.33 Å². The van der Waals surface area contributed by atoms with E-state index in [4.69, 9.17) is 0 Å². The molecular weight excluding hydrogens is 228 g/mol. The first-order chi connectivity index (χ1) is 8.65. The number of aryl methyl sites for hydroxylation is 1. The Morgan fingerprint density at radius 3 is 3.11 bits per heavy atom. The van der Waals surface area contributed by atoms with Crippen LogP contribution in [0.15, 0.2) is 6.33 Å². The number of nitrogens with zero attached hydrogens (tertiary/aromatic N) is 3. The lowest BCUT2D eigenvalue weighted by Crippen LogP contribution is -2.44. The molecule has 0 aliphatic carbocycles. The number of hydrogen-bond donors (Lipinski definition) is 1. The Bertz CT molecular complexity index is 407. The van der Waals surface area contributed by atoms with Crippen molar-refractivity contribution in [1.82, 2.24) is 20.1 Å². The lowest BCUT2D eigenvalue weighted by Gasteiger charge is -2.32. The van der Waals surface area contributed by atoms with Gasteiger partial charge in [0, 0.05) is 18.5 Å². The molecule has 0 saturated carbocycles. The van der Waals surface area contributed by atoms with Crippen molar-refractivity contribution < 1.29 is 4.79 Å². The monoisotopic (exact) mass is 250 g/mol. The maximum absolute atomic E-state index is 12.4. The molecule has 5 nitrogen and oxygen atoms in total. The summed E-state index contributed by atoms with van der Waals surface area (Å²) in [6.45, 7) is 6.79. The van der Waals surface area contributed by atoms with Gasteiger partial charge in [-0.1, -0.05) is 13.8 Å². The Morgan fingerprint density at radius 2 is 2.44 bits per heavy atom. The largest absolute Gasteiger partial charge is 0.316 e. The van der Waals surface area contributed by atoms with E-state index in [-0.39, 0.29) is 11.2 Å². The predicted octanol–water partition coefficient (Wildman–Crippen LogP) is 1.19. The summed E-state index contributed by atoms with van der Waals surface area (Å²) in [6.07, 6.45) is 4.99. The van der Waals surface area contributed by atoms with Gasteiger partial charge in [0.25, 0.3) is 0 Å². The maximum Gasteiger partial charge on any atom is 0.147 e. The van der Waals surface area contributed by atoms with Crippen molar-refractivity contribution in [2.24, 2.45) is 5.41 Å². The average Bonchev–Trinajstić information content (AvgIpc) is 2.78. The van der Waals surface area contributed by atoms with Crippen LogP contribution in [-0.4, -0.2) is 33.6 Å². The zero-order chi connectivity index (χ0) is 13.0. The highest BCUT2D eigenvalue weighted by Gasteiger charge is 2.34. The Balaban J connectivity index is 2.03. The smallest absolute Gasteiger partial charge is 0.147 e. The predicted molar refractivity (Wildman–Crippen MR) is 69.2 cm³/mol. The summed E-state index contributed by atoms with van der Waals surface area (Å²) >= 11 is 0. The molecule has 0 aromatic carbocycles. The van der Waals surface area contributed by atoms with Crippen molar-refractivity contribution in [1.29, 1.82) is 0 Å². The molecule has 0 radical (unpaired) electrons. The minimum absolute atomic E-state index is 0.235. The number of piperidine rings is 1. The normalized spacial score (nSPS) is 24.1. The second-order valence-corrected chi connectivity index (χ2v) is 5.34. The van der Waals surface area contributed by atoms with Crippen LogP contribution in [0.1, 0.15) is 38.9 Å². The quantitative estimate of drug-likeness (QED) is 0.852. The highest BCUT2D eigenvalue weighted by atomic mass is 16.1. The Hall–Kier alpha value is -1.23. The highest BCUT2D eigenvalue weighted by Crippen LogP contribution is 2.27. The van der Waals surface area contributed by atoms with Gasteiger partial charge in [0.05, 0.1) is 6.42 Å². The number of carbonyl (C=O) groups is 1. The third kappa shape index (κ3) is 2.77. The van der Waals surface area contributed by atoms with E-state index in [9.17, 15) is 4.79 Å². The van der Waals surface area contributed by atoms with Crippen LogP contribution in [-0.2, 0) is 17.8 Å². The van der Waals surface area contributed by atoms with Crippen LogP contribution in [0.25, 0.3) is 0 Å². The number of nitrogens with one attached hydrogen (secondary N) is 1. The van der Waals surface area contributed by atoms with E-state index in [1.165, 1.54) is 0 Å². The van der Waals surface area contributed by atoms with Gasteiger partial charge in [0.15, 0.2) is 0 Å². The molecule has 1 aromatic heterocycles. The van der Waals surface area contributed by atoms with Crippen LogP contribution in [0.4, 0.5) is 0 Å². The minimum Gasteiger partial charge on any atom is -0.316 e. The molecule has 1 N–H and O–H groups in total. The first-order valence-electron chi connectivity index (χ1n) is 6.76. The molecule has 100 valence electrons. The third-order valence-electron chi connectivity index (χ3n) is 3.72. The fourth-order valence-electron chi connectivity index (χ4n) is 2.47. The van der Waals surface area contributed by atoms with Crippen LogP contribution in [0.5, 0.6) is 0 Å². The lowest BCUT2D eigenvalue weighted by molar-refractivity contribution is -0.128. The Morgan fingerprint density at radius 1 is 1.61 bits per heavy atom. The summed E-state index contributed by atoms with van der Waals surface area (Å²) in [5.74, 6) is 1.08.